The van der Waals surface area contributed by atoms with Crippen molar-refractivity contribution >= 4 is 17.6 Å². The zero-order valence-corrected chi connectivity index (χ0v) is 20.3. The molecule has 6 nitrogen and oxygen atoms in total. The molecule has 0 aliphatic heterocycles. The van der Waals surface area contributed by atoms with Gasteiger partial charge in [0.05, 0.1) is 17.9 Å². The number of hydrogen-bond donors (Lipinski definition) is 2. The van der Waals surface area contributed by atoms with E-state index in [1.807, 2.05) is 37.3 Å². The highest BCUT2D eigenvalue weighted by Gasteiger charge is 2.22. The molecule has 2 N–H and O–H groups in total. The maximum Gasteiger partial charge on any atom is 0.244 e. The Hall–Kier alpha value is -2.63. The average molecular weight is 427 g/mol. The Labute approximate surface area is 186 Å². The summed E-state index contributed by atoms with van der Waals surface area (Å²) in [6.07, 6.45) is 1.37. The SMILES string of the molecule is Cc1ccccc1-n1nc(C(C)(C)C)cc1NC(=O)CNC(=O)C[C@@H](C)CC(C)(C)C. The molecule has 2 amide bonds. The largest absolute Gasteiger partial charge is 0.347 e. The van der Waals surface area contributed by atoms with Gasteiger partial charge in [0.15, 0.2) is 0 Å². The normalized spacial score (nSPS) is 13.0. The minimum atomic E-state index is -0.271. The van der Waals surface area contributed by atoms with Crippen LogP contribution in [0, 0.1) is 18.3 Å². The van der Waals surface area contributed by atoms with E-state index >= 15 is 0 Å². The number of rotatable bonds is 7. The molecule has 0 aliphatic carbocycles. The number of nitrogens with one attached hydrogen (secondary N) is 2. The number of aryl methyl sites for hydroxylation is 1. The van der Waals surface area contributed by atoms with Gasteiger partial charge in [-0.2, -0.15) is 5.10 Å². The monoisotopic (exact) mass is 426 g/mol. The predicted molar refractivity (Wildman–Crippen MR) is 126 cm³/mol. The van der Waals surface area contributed by atoms with Gasteiger partial charge in [-0.3, -0.25) is 9.59 Å². The topological polar surface area (TPSA) is 76.0 Å². The molecule has 1 atom stereocenters. The molecular formula is C25H38N4O2. The zero-order valence-electron chi connectivity index (χ0n) is 20.3. The first kappa shape index (κ1) is 24.6. The van der Waals surface area contributed by atoms with E-state index in [0.29, 0.717) is 12.2 Å². The molecule has 1 heterocycles. The Balaban J connectivity index is 2.08. The van der Waals surface area contributed by atoms with E-state index < -0.39 is 0 Å². The van der Waals surface area contributed by atoms with Crippen LogP contribution in [0.25, 0.3) is 5.69 Å². The third-order valence-electron chi connectivity index (χ3n) is 5.03. The lowest BCUT2D eigenvalue weighted by atomic mass is 9.84. The van der Waals surface area contributed by atoms with Crippen molar-refractivity contribution in [2.75, 3.05) is 11.9 Å². The fourth-order valence-electron chi connectivity index (χ4n) is 3.69. The number of hydrogen-bond acceptors (Lipinski definition) is 3. The van der Waals surface area contributed by atoms with Gasteiger partial charge in [-0.1, -0.05) is 66.7 Å². The smallest absolute Gasteiger partial charge is 0.244 e. The summed E-state index contributed by atoms with van der Waals surface area (Å²) < 4.78 is 1.76. The third-order valence-corrected chi connectivity index (χ3v) is 5.03. The van der Waals surface area contributed by atoms with E-state index in [0.717, 1.165) is 23.4 Å². The summed E-state index contributed by atoms with van der Waals surface area (Å²) in [5.74, 6) is 0.487. The second kappa shape index (κ2) is 9.67. The molecule has 0 fully saturated rings. The summed E-state index contributed by atoms with van der Waals surface area (Å²) in [5, 5.41) is 10.4. The standard InChI is InChI=1S/C25H38N4O2/c1-17(15-24(3,4)5)13-22(30)26-16-23(31)27-21-14-20(25(6,7)8)28-29(21)19-12-10-9-11-18(19)2/h9-12,14,17H,13,15-16H2,1-8H3,(H,26,30)(H,27,31)/t17-/m1/s1. The molecule has 0 saturated carbocycles. The van der Waals surface area contributed by atoms with E-state index in [-0.39, 0.29) is 35.1 Å². The summed E-state index contributed by atoms with van der Waals surface area (Å²) >= 11 is 0. The van der Waals surface area contributed by atoms with Crippen molar-refractivity contribution in [3.63, 3.8) is 0 Å². The molecule has 1 aromatic carbocycles. The lowest BCUT2D eigenvalue weighted by Gasteiger charge is -2.22. The number of carbonyl (C=O) groups excluding carboxylic acids is 2. The third kappa shape index (κ3) is 7.53. The maximum absolute atomic E-state index is 12.6. The van der Waals surface area contributed by atoms with Crippen LogP contribution in [0.3, 0.4) is 0 Å². The lowest BCUT2D eigenvalue weighted by molar-refractivity contribution is -0.124. The van der Waals surface area contributed by atoms with Gasteiger partial charge in [-0.25, -0.2) is 4.68 Å². The van der Waals surface area contributed by atoms with Crippen molar-refractivity contribution in [2.24, 2.45) is 11.3 Å². The van der Waals surface area contributed by atoms with Gasteiger partial charge in [-0.15, -0.1) is 0 Å². The van der Waals surface area contributed by atoms with Crippen LogP contribution in [-0.2, 0) is 15.0 Å². The second-order valence-corrected chi connectivity index (χ2v) is 10.8. The van der Waals surface area contributed by atoms with Crippen LogP contribution in [0.5, 0.6) is 0 Å². The highest BCUT2D eigenvalue weighted by molar-refractivity contribution is 5.94. The number of anilines is 1. The molecule has 0 aliphatic rings. The second-order valence-electron chi connectivity index (χ2n) is 10.8. The zero-order chi connectivity index (χ0) is 23.4. The van der Waals surface area contributed by atoms with Crippen molar-refractivity contribution in [1.82, 2.24) is 15.1 Å². The molecule has 0 spiro atoms. The van der Waals surface area contributed by atoms with Crippen molar-refractivity contribution in [3.8, 4) is 5.69 Å². The minimum Gasteiger partial charge on any atom is -0.347 e. The summed E-state index contributed by atoms with van der Waals surface area (Å²) in [5.41, 5.74) is 2.86. The fourth-order valence-corrected chi connectivity index (χ4v) is 3.69. The first-order valence-electron chi connectivity index (χ1n) is 11.0. The highest BCUT2D eigenvalue weighted by Crippen LogP contribution is 2.28. The van der Waals surface area contributed by atoms with Gasteiger partial charge in [0.25, 0.3) is 0 Å². The Kier molecular flexibility index (Phi) is 7.68. The van der Waals surface area contributed by atoms with Crippen LogP contribution in [0.2, 0.25) is 0 Å². The van der Waals surface area contributed by atoms with E-state index in [9.17, 15) is 9.59 Å². The van der Waals surface area contributed by atoms with E-state index in [1.165, 1.54) is 0 Å². The molecular weight excluding hydrogens is 388 g/mol. The molecule has 2 rings (SSSR count). The highest BCUT2D eigenvalue weighted by atomic mass is 16.2. The van der Waals surface area contributed by atoms with E-state index in [2.05, 4.69) is 59.1 Å². The predicted octanol–water partition coefficient (Wildman–Crippen LogP) is 5.00. The van der Waals surface area contributed by atoms with Gasteiger partial charge in [0.2, 0.25) is 11.8 Å². The van der Waals surface area contributed by atoms with Crippen LogP contribution in [0.1, 0.15) is 72.6 Å². The minimum absolute atomic E-state index is 0.0646. The van der Waals surface area contributed by atoms with Crippen LogP contribution in [-0.4, -0.2) is 28.1 Å². The molecule has 1 aromatic heterocycles. The van der Waals surface area contributed by atoms with Crippen molar-refractivity contribution in [1.29, 1.82) is 0 Å². The molecule has 0 unspecified atom stereocenters. The maximum atomic E-state index is 12.6. The Morgan fingerprint density at radius 2 is 1.71 bits per heavy atom. The Morgan fingerprint density at radius 3 is 2.29 bits per heavy atom. The molecule has 31 heavy (non-hydrogen) atoms. The van der Waals surface area contributed by atoms with Crippen LogP contribution in [0.4, 0.5) is 5.82 Å². The van der Waals surface area contributed by atoms with Crippen LogP contribution < -0.4 is 10.6 Å². The van der Waals surface area contributed by atoms with Crippen molar-refractivity contribution in [3.05, 3.63) is 41.6 Å². The summed E-state index contributed by atoms with van der Waals surface area (Å²) in [4.78, 5) is 24.8. The Bertz CT molecular complexity index is 916. The average Bonchev–Trinajstić information content (AvgIpc) is 3.02. The first-order chi connectivity index (χ1) is 14.3. The number of aromatic nitrogens is 2. The Morgan fingerprint density at radius 1 is 1.06 bits per heavy atom. The van der Waals surface area contributed by atoms with Gasteiger partial charge < -0.3 is 10.6 Å². The van der Waals surface area contributed by atoms with E-state index in [4.69, 9.17) is 5.10 Å². The fraction of sp³-hybridized carbons (Fsp3) is 0.560. The number of benzene rings is 1. The van der Waals surface area contributed by atoms with Gasteiger partial charge >= 0.3 is 0 Å². The quantitative estimate of drug-likeness (QED) is 0.654. The van der Waals surface area contributed by atoms with Crippen molar-refractivity contribution in [2.45, 2.75) is 73.6 Å². The van der Waals surface area contributed by atoms with Crippen molar-refractivity contribution < 1.29 is 9.59 Å². The summed E-state index contributed by atoms with van der Waals surface area (Å²) in [6, 6.07) is 9.81. The number of nitrogens with zero attached hydrogens (tertiary/aromatic N) is 2. The number of amides is 2. The molecule has 0 saturated heterocycles. The van der Waals surface area contributed by atoms with Gasteiger partial charge in [-0.05, 0) is 36.3 Å². The summed E-state index contributed by atoms with van der Waals surface area (Å²) in [7, 11) is 0. The molecule has 0 bridgehead atoms. The molecule has 2 aromatic rings. The van der Waals surface area contributed by atoms with Gasteiger partial charge in [0.1, 0.15) is 5.82 Å². The molecule has 0 radical (unpaired) electrons. The van der Waals surface area contributed by atoms with E-state index in [1.54, 1.807) is 4.68 Å². The van der Waals surface area contributed by atoms with Gasteiger partial charge in [0, 0.05) is 17.9 Å². The first-order valence-corrected chi connectivity index (χ1v) is 11.0. The molecule has 6 heteroatoms. The van der Waals surface area contributed by atoms with Crippen LogP contribution >= 0.6 is 0 Å². The number of para-hydroxylation sites is 1. The summed E-state index contributed by atoms with van der Waals surface area (Å²) in [6.45, 7) is 16.8. The molecule has 170 valence electrons. The lowest BCUT2D eigenvalue weighted by Crippen LogP contribution is -2.34. The van der Waals surface area contributed by atoms with Crippen LogP contribution in [0.15, 0.2) is 30.3 Å². The number of carbonyl (C=O) groups is 2.